The molecule has 10 nitrogen and oxygen atoms in total. The Bertz CT molecular complexity index is 1610. The van der Waals surface area contributed by atoms with Crippen LogP contribution in [0, 0.1) is 23.7 Å². The molecule has 2 saturated heterocycles. The number of pyridine rings is 1. The number of H-pyrrole nitrogens is 1. The maximum Gasteiger partial charge on any atom is 0.319 e. The van der Waals surface area contributed by atoms with Crippen LogP contribution >= 0.6 is 0 Å². The molecule has 2 aliphatic heterocycles. The van der Waals surface area contributed by atoms with Crippen LogP contribution in [0.3, 0.4) is 0 Å². The molecule has 0 atom stereocenters. The number of carbonyl (C=O) groups is 1. The second-order valence-corrected chi connectivity index (χ2v) is 10.6. The van der Waals surface area contributed by atoms with E-state index in [9.17, 15) is 10.1 Å². The highest BCUT2D eigenvalue weighted by molar-refractivity contribution is 5.97. The average molecular weight is 535 g/mol. The van der Waals surface area contributed by atoms with Gasteiger partial charge in [-0.05, 0) is 49.6 Å². The minimum atomic E-state index is -0.0171. The van der Waals surface area contributed by atoms with Crippen molar-refractivity contribution in [2.24, 2.45) is 5.41 Å². The van der Waals surface area contributed by atoms with E-state index in [1.165, 1.54) is 6.08 Å². The highest BCUT2D eigenvalue weighted by atomic mass is 16.5. The van der Waals surface area contributed by atoms with E-state index in [4.69, 9.17) is 14.7 Å². The van der Waals surface area contributed by atoms with Crippen molar-refractivity contribution in [3.63, 3.8) is 0 Å². The van der Waals surface area contributed by atoms with Crippen LogP contribution in [0.25, 0.3) is 22.2 Å². The standard InChI is InChI=1S/C30H30N8O2/c1-3-25(39)38-18-30(19-38)10-13-37(14-11-30)28-22(16-31)27(26-20(2)7-8-24-23(26)17-33-36-24)34-29(35-28)40-15-9-21-6-4-5-12-32-21/h3-8,12,17H,1,9-11,13-15,18-19H2,2H3,(H,33,36). The van der Waals surface area contributed by atoms with Gasteiger partial charge >= 0.3 is 6.01 Å². The fourth-order valence-electron chi connectivity index (χ4n) is 5.80. The van der Waals surface area contributed by atoms with Crippen molar-refractivity contribution in [3.8, 4) is 23.3 Å². The second kappa shape index (κ2) is 10.4. The van der Waals surface area contributed by atoms with E-state index < -0.39 is 0 Å². The largest absolute Gasteiger partial charge is 0.463 e. The van der Waals surface area contributed by atoms with Crippen molar-refractivity contribution in [3.05, 3.63) is 72.2 Å². The molecule has 3 aromatic heterocycles. The summed E-state index contributed by atoms with van der Waals surface area (Å²) in [5.41, 5.74) is 4.67. The van der Waals surface area contributed by atoms with Gasteiger partial charge in [0.15, 0.2) is 5.82 Å². The number of nitrogens with zero attached hydrogens (tertiary/aromatic N) is 7. The van der Waals surface area contributed by atoms with Crippen molar-refractivity contribution in [1.82, 2.24) is 30.0 Å². The first-order chi connectivity index (χ1) is 19.5. The van der Waals surface area contributed by atoms with Crippen LogP contribution in [-0.2, 0) is 11.2 Å². The van der Waals surface area contributed by atoms with Gasteiger partial charge in [-0.3, -0.25) is 14.9 Å². The van der Waals surface area contributed by atoms with Crippen molar-refractivity contribution in [1.29, 1.82) is 5.26 Å². The van der Waals surface area contributed by atoms with E-state index >= 15 is 0 Å². The van der Waals surface area contributed by atoms with Gasteiger partial charge in [-0.15, -0.1) is 0 Å². The third-order valence-electron chi connectivity index (χ3n) is 8.03. The number of aryl methyl sites for hydroxylation is 1. The molecule has 0 saturated carbocycles. The molecule has 6 rings (SSSR count). The Labute approximate surface area is 232 Å². The number of ether oxygens (including phenoxy) is 1. The number of anilines is 1. The molecule has 1 amide bonds. The SMILES string of the molecule is C=CC(=O)N1CC2(CCN(c3nc(OCCc4ccccn4)nc(-c4c(C)ccc5[nH]ncc45)c3C#N)CC2)C1. The first-order valence-electron chi connectivity index (χ1n) is 13.4. The summed E-state index contributed by atoms with van der Waals surface area (Å²) in [5.74, 6) is 0.560. The third kappa shape index (κ3) is 4.64. The monoisotopic (exact) mass is 534 g/mol. The molecule has 0 radical (unpaired) electrons. The Kier molecular flexibility index (Phi) is 6.64. The molecule has 4 aromatic rings. The molecule has 1 aromatic carbocycles. The van der Waals surface area contributed by atoms with Gasteiger partial charge in [-0.25, -0.2) is 0 Å². The minimum Gasteiger partial charge on any atom is -0.463 e. The summed E-state index contributed by atoms with van der Waals surface area (Å²) in [4.78, 5) is 29.9. The molecule has 1 N–H and O–H groups in total. The number of fused-ring (bicyclic) bond motifs is 1. The van der Waals surface area contributed by atoms with E-state index in [-0.39, 0.29) is 17.3 Å². The Morgan fingerprint density at radius 2 is 2.05 bits per heavy atom. The smallest absolute Gasteiger partial charge is 0.319 e. The molecule has 2 aliphatic rings. The maximum absolute atomic E-state index is 12.0. The zero-order valence-corrected chi connectivity index (χ0v) is 22.4. The van der Waals surface area contributed by atoms with Gasteiger partial charge in [0.2, 0.25) is 5.91 Å². The van der Waals surface area contributed by atoms with Gasteiger partial charge in [0.1, 0.15) is 11.6 Å². The zero-order valence-electron chi connectivity index (χ0n) is 22.4. The van der Waals surface area contributed by atoms with Crippen molar-refractivity contribution < 1.29 is 9.53 Å². The number of amides is 1. The average Bonchev–Trinajstić information content (AvgIpc) is 3.44. The Balaban J connectivity index is 1.33. The second-order valence-electron chi connectivity index (χ2n) is 10.6. The molecule has 1 spiro atoms. The third-order valence-corrected chi connectivity index (χ3v) is 8.03. The van der Waals surface area contributed by atoms with Crippen LogP contribution in [0.2, 0.25) is 0 Å². The van der Waals surface area contributed by atoms with E-state index in [1.54, 1.807) is 12.4 Å². The van der Waals surface area contributed by atoms with Crippen molar-refractivity contribution >= 4 is 22.6 Å². The molecule has 0 bridgehead atoms. The lowest BCUT2D eigenvalue weighted by molar-refractivity contribution is -0.139. The quantitative estimate of drug-likeness (QED) is 0.355. The number of benzene rings is 1. The lowest BCUT2D eigenvalue weighted by atomic mass is 9.72. The number of aromatic amines is 1. The number of nitriles is 1. The number of piperidine rings is 1. The van der Waals surface area contributed by atoms with Crippen LogP contribution in [0.5, 0.6) is 6.01 Å². The number of aromatic nitrogens is 5. The van der Waals surface area contributed by atoms with E-state index in [0.29, 0.717) is 30.1 Å². The number of hydrogen-bond acceptors (Lipinski definition) is 8. The van der Waals surface area contributed by atoms with E-state index in [1.807, 2.05) is 42.2 Å². The van der Waals surface area contributed by atoms with Crippen LogP contribution < -0.4 is 9.64 Å². The number of likely N-dealkylation sites (tertiary alicyclic amines) is 1. The van der Waals surface area contributed by atoms with Gasteiger partial charge in [-0.1, -0.05) is 18.7 Å². The fraction of sp³-hybridized carbons (Fsp3) is 0.333. The molecule has 0 unspecified atom stereocenters. The Morgan fingerprint density at radius 1 is 1.23 bits per heavy atom. The van der Waals surface area contributed by atoms with Crippen LogP contribution in [0.4, 0.5) is 5.82 Å². The first-order valence-corrected chi connectivity index (χ1v) is 13.4. The van der Waals surface area contributed by atoms with Gasteiger partial charge in [0, 0.05) is 60.9 Å². The number of carbonyl (C=O) groups excluding carboxylic acids is 1. The minimum absolute atomic E-state index is 0.0171. The zero-order chi connectivity index (χ0) is 27.7. The fourth-order valence-corrected chi connectivity index (χ4v) is 5.80. The summed E-state index contributed by atoms with van der Waals surface area (Å²) in [6, 6.07) is 12.4. The summed E-state index contributed by atoms with van der Waals surface area (Å²) in [7, 11) is 0. The van der Waals surface area contributed by atoms with Crippen LogP contribution in [0.1, 0.15) is 29.7 Å². The summed E-state index contributed by atoms with van der Waals surface area (Å²) < 4.78 is 6.09. The summed E-state index contributed by atoms with van der Waals surface area (Å²) >= 11 is 0. The molecule has 0 aliphatic carbocycles. The maximum atomic E-state index is 12.0. The first kappa shape index (κ1) is 25.5. The summed E-state index contributed by atoms with van der Waals surface area (Å²) in [6.45, 7) is 8.90. The number of rotatable bonds is 7. The molecule has 202 valence electrons. The van der Waals surface area contributed by atoms with Crippen molar-refractivity contribution in [2.45, 2.75) is 26.2 Å². The lowest BCUT2D eigenvalue weighted by Crippen LogP contribution is -2.61. The molecule has 2 fully saturated rings. The predicted molar refractivity (Wildman–Crippen MR) is 151 cm³/mol. The highest BCUT2D eigenvalue weighted by Gasteiger charge is 2.46. The molecular weight excluding hydrogens is 504 g/mol. The predicted octanol–water partition coefficient (Wildman–Crippen LogP) is 3.83. The van der Waals surface area contributed by atoms with Crippen LogP contribution in [-0.4, -0.2) is 68.7 Å². The topological polar surface area (TPSA) is 124 Å². The Morgan fingerprint density at radius 3 is 2.77 bits per heavy atom. The number of hydrogen-bond donors (Lipinski definition) is 1. The van der Waals surface area contributed by atoms with Gasteiger partial charge in [0.05, 0.1) is 24.0 Å². The van der Waals surface area contributed by atoms with Gasteiger partial charge in [-0.2, -0.15) is 20.3 Å². The molecule has 5 heterocycles. The number of nitrogens with one attached hydrogen (secondary N) is 1. The van der Waals surface area contributed by atoms with E-state index in [0.717, 1.165) is 66.7 Å². The van der Waals surface area contributed by atoms with Crippen LogP contribution in [0.15, 0.2) is 55.4 Å². The molecule has 10 heteroatoms. The Hall–Kier alpha value is -4.78. The van der Waals surface area contributed by atoms with E-state index in [2.05, 4.69) is 32.7 Å². The normalized spacial score (nSPS) is 16.0. The lowest BCUT2D eigenvalue weighted by Gasteiger charge is -2.53. The molecule has 40 heavy (non-hydrogen) atoms. The summed E-state index contributed by atoms with van der Waals surface area (Å²) in [5, 5.41) is 18.6. The highest BCUT2D eigenvalue weighted by Crippen LogP contribution is 2.43. The van der Waals surface area contributed by atoms with Gasteiger partial charge in [0.25, 0.3) is 0 Å². The summed E-state index contributed by atoms with van der Waals surface area (Å²) in [6.07, 6.45) is 7.32. The van der Waals surface area contributed by atoms with Gasteiger partial charge < -0.3 is 14.5 Å². The van der Waals surface area contributed by atoms with Crippen molar-refractivity contribution in [2.75, 3.05) is 37.7 Å². The molecular formula is C30H30N8O2.